The maximum Gasteiger partial charge on any atom is 0.317 e. The Morgan fingerprint density at radius 2 is 1.96 bits per heavy atom. The van der Waals surface area contributed by atoms with Crippen LogP contribution in [0.5, 0.6) is 11.5 Å². The predicted molar refractivity (Wildman–Crippen MR) is 90.1 cm³/mol. The van der Waals surface area contributed by atoms with Gasteiger partial charge in [-0.1, -0.05) is 12.1 Å². The maximum atomic E-state index is 12.2. The first-order chi connectivity index (χ1) is 11.6. The van der Waals surface area contributed by atoms with Crippen LogP contribution in [0.3, 0.4) is 0 Å². The van der Waals surface area contributed by atoms with Gasteiger partial charge >= 0.3 is 6.03 Å². The lowest BCUT2D eigenvalue weighted by Crippen LogP contribution is -2.46. The Morgan fingerprint density at radius 1 is 1.25 bits per heavy atom. The van der Waals surface area contributed by atoms with Crippen LogP contribution in [-0.4, -0.2) is 50.7 Å². The Morgan fingerprint density at radius 3 is 2.54 bits per heavy atom. The number of methoxy groups -OCH3 is 2. The Labute approximate surface area is 142 Å². The summed E-state index contributed by atoms with van der Waals surface area (Å²) in [6.07, 6.45) is 1.91. The molecule has 2 rings (SSSR count). The molecule has 0 unspecified atom stereocenters. The number of nitrogens with one attached hydrogen (secondary N) is 1. The summed E-state index contributed by atoms with van der Waals surface area (Å²) < 4.78 is 10.7. The lowest BCUT2D eigenvalue weighted by atomic mass is 9.96. The Kier molecular flexibility index (Phi) is 6.28. The van der Waals surface area contributed by atoms with E-state index in [-0.39, 0.29) is 17.9 Å². The molecule has 0 aliphatic carbocycles. The molecule has 3 amide bonds. The number of primary amides is 1. The van der Waals surface area contributed by atoms with Crippen molar-refractivity contribution in [1.82, 2.24) is 10.2 Å². The number of hydrogen-bond acceptors (Lipinski definition) is 4. The minimum Gasteiger partial charge on any atom is -0.493 e. The molecule has 1 heterocycles. The third kappa shape index (κ3) is 4.31. The van der Waals surface area contributed by atoms with Gasteiger partial charge in [-0.3, -0.25) is 4.79 Å². The van der Waals surface area contributed by atoms with Crippen LogP contribution in [0.1, 0.15) is 18.4 Å². The quantitative estimate of drug-likeness (QED) is 0.815. The van der Waals surface area contributed by atoms with Gasteiger partial charge in [-0.15, -0.1) is 0 Å². The van der Waals surface area contributed by atoms with Crippen LogP contribution in [0, 0.1) is 5.92 Å². The fourth-order valence-electron chi connectivity index (χ4n) is 2.93. The first kappa shape index (κ1) is 17.9. The Hall–Kier alpha value is -2.44. The van der Waals surface area contributed by atoms with Crippen LogP contribution in [0.2, 0.25) is 0 Å². The van der Waals surface area contributed by atoms with E-state index in [0.29, 0.717) is 50.4 Å². The molecule has 0 spiro atoms. The number of urea groups is 1. The van der Waals surface area contributed by atoms with Crippen molar-refractivity contribution in [2.45, 2.75) is 19.3 Å². The summed E-state index contributed by atoms with van der Waals surface area (Å²) in [4.78, 5) is 25.1. The molecule has 1 aromatic rings. The number of para-hydroxylation sites is 1. The average Bonchev–Trinajstić information content (AvgIpc) is 2.61. The van der Waals surface area contributed by atoms with Crippen molar-refractivity contribution in [2.75, 3.05) is 33.9 Å². The van der Waals surface area contributed by atoms with E-state index in [0.717, 1.165) is 5.56 Å². The topological polar surface area (TPSA) is 93.9 Å². The van der Waals surface area contributed by atoms with E-state index in [1.807, 2.05) is 18.2 Å². The summed E-state index contributed by atoms with van der Waals surface area (Å²) in [5, 5.41) is 2.91. The van der Waals surface area contributed by atoms with Crippen LogP contribution in [0.4, 0.5) is 4.79 Å². The molecule has 0 bridgehead atoms. The van der Waals surface area contributed by atoms with Crippen LogP contribution in [0.15, 0.2) is 18.2 Å². The highest BCUT2D eigenvalue weighted by atomic mass is 16.5. The monoisotopic (exact) mass is 335 g/mol. The highest BCUT2D eigenvalue weighted by Gasteiger charge is 2.25. The predicted octanol–water partition coefficient (Wildman–Crippen LogP) is 1.15. The highest BCUT2D eigenvalue weighted by molar-refractivity contribution is 5.78. The normalized spacial score (nSPS) is 15.0. The Balaban J connectivity index is 1.82. The van der Waals surface area contributed by atoms with Crippen molar-refractivity contribution in [2.24, 2.45) is 11.7 Å². The molecule has 24 heavy (non-hydrogen) atoms. The smallest absolute Gasteiger partial charge is 0.317 e. The summed E-state index contributed by atoms with van der Waals surface area (Å²) in [6, 6.07) is 5.57. The molecule has 0 aromatic heterocycles. The van der Waals surface area contributed by atoms with Gasteiger partial charge < -0.3 is 25.4 Å². The van der Waals surface area contributed by atoms with E-state index in [4.69, 9.17) is 15.2 Å². The minimum atomic E-state index is -0.278. The van der Waals surface area contributed by atoms with E-state index in [2.05, 4.69) is 5.32 Å². The standard InChI is InChI=1S/C17H25N3O4/c1-23-14-5-3-4-12(15(14)24-2)6-9-19-17(22)20-10-7-13(8-11-20)16(18)21/h3-5,13H,6-11H2,1-2H3,(H2,18,21)(H,19,22). The fraction of sp³-hybridized carbons (Fsp3) is 0.529. The number of carbonyl (C=O) groups excluding carboxylic acids is 2. The first-order valence-electron chi connectivity index (χ1n) is 8.08. The molecule has 1 fully saturated rings. The number of likely N-dealkylation sites (tertiary alicyclic amines) is 1. The molecule has 7 nitrogen and oxygen atoms in total. The van der Waals surface area contributed by atoms with E-state index in [9.17, 15) is 9.59 Å². The van der Waals surface area contributed by atoms with Gasteiger partial charge in [0.2, 0.25) is 5.91 Å². The Bertz CT molecular complexity index is 583. The van der Waals surface area contributed by atoms with Crippen molar-refractivity contribution in [1.29, 1.82) is 0 Å². The number of amides is 3. The van der Waals surface area contributed by atoms with E-state index >= 15 is 0 Å². The number of benzene rings is 1. The number of nitrogens with two attached hydrogens (primary N) is 1. The van der Waals surface area contributed by atoms with E-state index < -0.39 is 0 Å². The van der Waals surface area contributed by atoms with Crippen molar-refractivity contribution >= 4 is 11.9 Å². The minimum absolute atomic E-state index is 0.111. The largest absolute Gasteiger partial charge is 0.493 e. The molecule has 1 aliphatic rings. The van der Waals surface area contributed by atoms with Crippen molar-refractivity contribution in [3.63, 3.8) is 0 Å². The van der Waals surface area contributed by atoms with Crippen molar-refractivity contribution in [3.05, 3.63) is 23.8 Å². The van der Waals surface area contributed by atoms with Gasteiger partial charge in [-0.2, -0.15) is 0 Å². The number of carbonyl (C=O) groups is 2. The molecule has 7 heteroatoms. The van der Waals surface area contributed by atoms with E-state index in [1.54, 1.807) is 19.1 Å². The summed E-state index contributed by atoms with van der Waals surface area (Å²) in [5.74, 6) is 0.974. The zero-order valence-corrected chi connectivity index (χ0v) is 14.2. The van der Waals surface area contributed by atoms with Crippen LogP contribution in [0.25, 0.3) is 0 Å². The second-order valence-corrected chi connectivity index (χ2v) is 5.80. The van der Waals surface area contributed by atoms with Crippen LogP contribution >= 0.6 is 0 Å². The number of piperidine rings is 1. The summed E-state index contributed by atoms with van der Waals surface area (Å²) in [6.45, 7) is 1.61. The highest BCUT2D eigenvalue weighted by Crippen LogP contribution is 2.30. The third-order valence-electron chi connectivity index (χ3n) is 4.34. The van der Waals surface area contributed by atoms with Crippen LogP contribution < -0.4 is 20.5 Å². The molecule has 1 saturated heterocycles. The third-order valence-corrected chi connectivity index (χ3v) is 4.34. The number of hydrogen-bond donors (Lipinski definition) is 2. The zero-order chi connectivity index (χ0) is 17.5. The first-order valence-corrected chi connectivity index (χ1v) is 8.08. The second-order valence-electron chi connectivity index (χ2n) is 5.80. The number of nitrogens with zero attached hydrogens (tertiary/aromatic N) is 1. The van der Waals surface area contributed by atoms with Gasteiger partial charge in [-0.25, -0.2) is 4.79 Å². The molecule has 0 radical (unpaired) electrons. The fourth-order valence-corrected chi connectivity index (χ4v) is 2.93. The average molecular weight is 335 g/mol. The number of ether oxygens (including phenoxy) is 2. The van der Waals surface area contributed by atoms with Crippen molar-refractivity contribution in [3.8, 4) is 11.5 Å². The zero-order valence-electron chi connectivity index (χ0n) is 14.2. The lowest BCUT2D eigenvalue weighted by molar-refractivity contribution is -0.123. The molecule has 1 aliphatic heterocycles. The van der Waals surface area contributed by atoms with Crippen LogP contribution in [-0.2, 0) is 11.2 Å². The summed E-state index contributed by atoms with van der Waals surface area (Å²) in [5.41, 5.74) is 6.28. The lowest BCUT2D eigenvalue weighted by Gasteiger charge is -2.30. The summed E-state index contributed by atoms with van der Waals surface area (Å²) >= 11 is 0. The summed E-state index contributed by atoms with van der Waals surface area (Å²) in [7, 11) is 3.20. The number of rotatable bonds is 6. The van der Waals surface area contributed by atoms with Gasteiger partial charge in [0.1, 0.15) is 0 Å². The van der Waals surface area contributed by atoms with Gasteiger partial charge in [0.25, 0.3) is 0 Å². The molecular weight excluding hydrogens is 310 g/mol. The van der Waals surface area contributed by atoms with E-state index in [1.165, 1.54) is 0 Å². The van der Waals surface area contributed by atoms with Gasteiger partial charge in [0, 0.05) is 25.6 Å². The molecule has 132 valence electrons. The van der Waals surface area contributed by atoms with Gasteiger partial charge in [-0.05, 0) is 30.9 Å². The molecule has 1 aromatic carbocycles. The molecule has 0 saturated carbocycles. The molecule has 3 N–H and O–H groups in total. The van der Waals surface area contributed by atoms with Gasteiger partial charge in [0.05, 0.1) is 14.2 Å². The van der Waals surface area contributed by atoms with Gasteiger partial charge in [0.15, 0.2) is 11.5 Å². The molecular formula is C17H25N3O4. The SMILES string of the molecule is COc1cccc(CCNC(=O)N2CCC(C(N)=O)CC2)c1OC. The maximum absolute atomic E-state index is 12.2. The second kappa shape index (κ2) is 8.42. The van der Waals surface area contributed by atoms with Crippen molar-refractivity contribution < 1.29 is 19.1 Å². The molecule has 0 atom stereocenters.